The maximum absolute atomic E-state index is 8.69. The summed E-state index contributed by atoms with van der Waals surface area (Å²) in [7, 11) is 0. The molecule has 0 aliphatic rings. The first kappa shape index (κ1) is 23.2. The van der Waals surface area contributed by atoms with Gasteiger partial charge in [-0.05, 0) is 73.8 Å². The summed E-state index contributed by atoms with van der Waals surface area (Å²) in [6, 6.07) is 46.5. The second-order valence-corrected chi connectivity index (χ2v) is 13.3. The van der Waals surface area contributed by atoms with Gasteiger partial charge in [0.25, 0.3) is 0 Å². The molecule has 3 heteroatoms. The smallest absolute Gasteiger partial charge is 0.160 e. The molecule has 0 N–H and O–H groups in total. The van der Waals surface area contributed by atoms with Crippen LogP contribution in [0.2, 0.25) is 0 Å². The van der Waals surface area contributed by atoms with E-state index >= 15 is 0 Å². The lowest BCUT2D eigenvalue weighted by Crippen LogP contribution is -1.95. The van der Waals surface area contributed by atoms with Crippen LogP contribution in [0, 0.1) is 0 Å². The van der Waals surface area contributed by atoms with Crippen molar-refractivity contribution in [2.24, 2.45) is 0 Å². The Morgan fingerprint density at radius 1 is 0.408 bits per heavy atom. The van der Waals surface area contributed by atoms with Gasteiger partial charge in [-0.25, -0.2) is 9.97 Å². The number of nitrogens with zero attached hydrogens (tertiary/aromatic N) is 2. The number of fused-ring (bicyclic) bond motifs is 9. The van der Waals surface area contributed by atoms with Gasteiger partial charge in [0.05, 0.1) is 18.2 Å². The SMILES string of the molecule is [2H]c1c([2H])c([2H])c(-c2nc(-c3ccccc3)cc(-c3ccc4sc5cccc(-c6ccc7c8ccccc8c8ccccc8c7c6)c5c4c3)n2)c([2H])c1[2H]. The van der Waals surface area contributed by atoms with E-state index in [9.17, 15) is 0 Å². The molecule has 10 rings (SSSR count). The molecule has 0 unspecified atom stereocenters. The van der Waals surface area contributed by atoms with Crippen molar-refractivity contribution in [3.63, 3.8) is 0 Å². The van der Waals surface area contributed by atoms with Crippen molar-refractivity contribution in [2.75, 3.05) is 0 Å². The van der Waals surface area contributed by atoms with Crippen LogP contribution in [0.1, 0.15) is 6.85 Å². The maximum atomic E-state index is 8.69. The van der Waals surface area contributed by atoms with Crippen molar-refractivity contribution >= 4 is 63.8 Å². The van der Waals surface area contributed by atoms with E-state index in [1.807, 2.05) is 42.5 Å². The zero-order chi connectivity index (χ0) is 36.7. The zero-order valence-corrected chi connectivity index (χ0v) is 26.9. The molecule has 0 aliphatic carbocycles. The van der Waals surface area contributed by atoms with Crippen LogP contribution in [-0.4, -0.2) is 9.97 Å². The molecule has 0 aliphatic heterocycles. The van der Waals surface area contributed by atoms with Crippen LogP contribution < -0.4 is 0 Å². The van der Waals surface area contributed by atoms with Crippen molar-refractivity contribution in [1.29, 1.82) is 0 Å². The highest BCUT2D eigenvalue weighted by Gasteiger charge is 2.16. The summed E-state index contributed by atoms with van der Waals surface area (Å²) < 4.78 is 44.5. The van der Waals surface area contributed by atoms with Crippen molar-refractivity contribution < 1.29 is 6.85 Å². The molecule has 2 heterocycles. The van der Waals surface area contributed by atoms with Crippen LogP contribution in [0.25, 0.3) is 97.5 Å². The lowest BCUT2D eigenvalue weighted by atomic mass is 9.91. The Labute approximate surface area is 294 Å². The molecule has 2 nitrogen and oxygen atoms in total. The molecule has 0 amide bonds. The van der Waals surface area contributed by atoms with Crippen LogP contribution in [0.5, 0.6) is 0 Å². The van der Waals surface area contributed by atoms with Crippen LogP contribution in [0.15, 0.2) is 170 Å². The fourth-order valence-corrected chi connectivity index (χ4v) is 8.24. The number of hydrogen-bond donors (Lipinski definition) is 0. The minimum atomic E-state index is -0.452. The average Bonchev–Trinajstić information content (AvgIpc) is 3.61. The summed E-state index contributed by atoms with van der Waals surface area (Å²) in [5, 5.41) is 9.66. The zero-order valence-electron chi connectivity index (χ0n) is 31.1. The van der Waals surface area contributed by atoms with Crippen molar-refractivity contribution in [3.05, 3.63) is 170 Å². The Morgan fingerprint density at radius 2 is 1.02 bits per heavy atom. The molecular weight excluding hydrogens is 613 g/mol. The van der Waals surface area contributed by atoms with Gasteiger partial charge in [-0.15, -0.1) is 11.3 Å². The predicted octanol–water partition coefficient (Wildman–Crippen LogP) is 13.0. The van der Waals surface area contributed by atoms with Gasteiger partial charge in [-0.1, -0.05) is 139 Å². The molecule has 0 saturated carbocycles. The second-order valence-electron chi connectivity index (χ2n) is 12.2. The van der Waals surface area contributed by atoms with Gasteiger partial charge in [0.2, 0.25) is 0 Å². The molecule has 2 aromatic heterocycles. The predicted molar refractivity (Wildman–Crippen MR) is 209 cm³/mol. The quantitative estimate of drug-likeness (QED) is 0.178. The van der Waals surface area contributed by atoms with E-state index in [0.717, 1.165) is 37.7 Å². The van der Waals surface area contributed by atoms with E-state index in [-0.39, 0.29) is 23.5 Å². The minimum Gasteiger partial charge on any atom is -0.228 e. The number of hydrogen-bond acceptors (Lipinski definition) is 3. The topological polar surface area (TPSA) is 25.8 Å². The van der Waals surface area contributed by atoms with Gasteiger partial charge in [-0.3, -0.25) is 0 Å². The minimum absolute atomic E-state index is 0.0269. The van der Waals surface area contributed by atoms with Gasteiger partial charge < -0.3 is 0 Å². The monoisotopic (exact) mass is 645 g/mol. The molecule has 8 aromatic carbocycles. The fraction of sp³-hybridized carbons (Fsp3) is 0. The van der Waals surface area contributed by atoms with E-state index in [1.54, 1.807) is 11.3 Å². The molecular formula is C46H28N2S. The summed E-state index contributed by atoms with van der Waals surface area (Å²) in [4.78, 5) is 9.67. The molecule has 0 saturated heterocycles. The average molecular weight is 646 g/mol. The Balaban J connectivity index is 1.19. The Kier molecular flexibility index (Phi) is 5.32. The van der Waals surface area contributed by atoms with Crippen LogP contribution in [-0.2, 0) is 0 Å². The van der Waals surface area contributed by atoms with Crippen molar-refractivity contribution in [3.8, 4) is 45.0 Å². The lowest BCUT2D eigenvalue weighted by Gasteiger charge is -2.13. The number of rotatable bonds is 4. The highest BCUT2D eigenvalue weighted by molar-refractivity contribution is 7.26. The molecule has 10 aromatic rings. The van der Waals surface area contributed by atoms with Crippen LogP contribution >= 0.6 is 11.3 Å². The third-order valence-corrected chi connectivity index (χ3v) is 10.5. The maximum Gasteiger partial charge on any atom is 0.160 e. The molecule has 228 valence electrons. The number of benzene rings is 8. The standard InChI is InChI=1S/C46H28N2S/c1-3-12-29(13-4-1)41-28-42(48-46(47-41)30-14-5-2-6-15-30)32-23-25-43-40(27-32)45-33(20-11-21-44(45)49-43)31-22-24-38-36-18-8-7-16-34(36)35-17-9-10-19-37(35)39(38)26-31/h1-28H/i2D,5D,6D,14D,15D. The van der Waals surface area contributed by atoms with E-state index in [4.69, 9.17) is 16.8 Å². The van der Waals surface area contributed by atoms with E-state index in [2.05, 4.69) is 97.1 Å². The molecule has 0 radical (unpaired) electrons. The van der Waals surface area contributed by atoms with Gasteiger partial charge in [0.15, 0.2) is 5.82 Å². The first-order chi connectivity index (χ1) is 26.4. The number of thiophene rings is 1. The number of aromatic nitrogens is 2. The summed E-state index contributed by atoms with van der Waals surface area (Å²) in [6.07, 6.45) is 0. The third kappa shape index (κ3) is 4.62. The first-order valence-electron chi connectivity index (χ1n) is 18.7. The highest BCUT2D eigenvalue weighted by atomic mass is 32.1. The second kappa shape index (κ2) is 11.2. The van der Waals surface area contributed by atoms with Gasteiger partial charge in [0.1, 0.15) is 0 Å². The summed E-state index contributed by atoms with van der Waals surface area (Å²) in [5.74, 6) is 0.0789. The van der Waals surface area contributed by atoms with E-state index in [1.165, 1.54) is 37.0 Å². The van der Waals surface area contributed by atoms with Crippen molar-refractivity contribution in [2.45, 2.75) is 0 Å². The van der Waals surface area contributed by atoms with Gasteiger partial charge in [0, 0.05) is 36.9 Å². The summed E-state index contributed by atoms with van der Waals surface area (Å²) in [6.45, 7) is 0. The molecule has 0 spiro atoms. The Bertz CT molecular complexity index is 3110. The van der Waals surface area contributed by atoms with E-state index < -0.39 is 18.1 Å². The Hall–Kier alpha value is -6.16. The molecule has 0 atom stereocenters. The van der Waals surface area contributed by atoms with Crippen molar-refractivity contribution in [1.82, 2.24) is 9.97 Å². The normalized spacial score (nSPS) is 13.1. The van der Waals surface area contributed by atoms with Gasteiger partial charge >= 0.3 is 0 Å². The highest BCUT2D eigenvalue weighted by Crippen LogP contribution is 2.43. The lowest BCUT2D eigenvalue weighted by molar-refractivity contribution is 1.18. The molecule has 0 fully saturated rings. The Morgan fingerprint density at radius 3 is 1.76 bits per heavy atom. The van der Waals surface area contributed by atoms with Crippen LogP contribution in [0.3, 0.4) is 0 Å². The van der Waals surface area contributed by atoms with Gasteiger partial charge in [-0.2, -0.15) is 0 Å². The van der Waals surface area contributed by atoms with E-state index in [0.29, 0.717) is 11.4 Å². The summed E-state index contributed by atoms with van der Waals surface area (Å²) in [5.41, 5.74) is 5.10. The molecule has 49 heavy (non-hydrogen) atoms. The van der Waals surface area contributed by atoms with Crippen LogP contribution in [0.4, 0.5) is 0 Å². The summed E-state index contributed by atoms with van der Waals surface area (Å²) >= 11 is 1.75. The largest absolute Gasteiger partial charge is 0.228 e. The molecule has 0 bridgehead atoms. The fourth-order valence-electron chi connectivity index (χ4n) is 7.13. The first-order valence-corrected chi connectivity index (χ1v) is 17.0. The third-order valence-electron chi connectivity index (χ3n) is 9.37.